The zero-order valence-electron chi connectivity index (χ0n) is 24.0. The molecule has 1 aliphatic heterocycles. The number of methoxy groups -OCH3 is 1. The Morgan fingerprint density at radius 2 is 1.65 bits per heavy atom. The van der Waals surface area contributed by atoms with Gasteiger partial charge in [-0.3, -0.25) is 14.4 Å². The summed E-state index contributed by atoms with van der Waals surface area (Å²) in [6.45, 7) is 3.90. The van der Waals surface area contributed by atoms with Crippen LogP contribution in [0, 0.1) is 0 Å². The van der Waals surface area contributed by atoms with E-state index in [1.807, 2.05) is 30.3 Å². The van der Waals surface area contributed by atoms with Crippen LogP contribution >= 0.6 is 0 Å². The van der Waals surface area contributed by atoms with Crippen LogP contribution in [-0.2, 0) is 41.6 Å². The summed E-state index contributed by atoms with van der Waals surface area (Å²) in [5.74, 6) is -2.70. The molecule has 0 saturated heterocycles. The molecule has 0 atom stereocenters. The number of anilines is 1. The molecule has 3 aromatic rings. The van der Waals surface area contributed by atoms with Gasteiger partial charge in [-0.2, -0.15) is 0 Å². The van der Waals surface area contributed by atoms with Gasteiger partial charge in [0.05, 0.1) is 37.0 Å². The van der Waals surface area contributed by atoms with Gasteiger partial charge < -0.3 is 29.4 Å². The molecule has 11 heteroatoms. The Kier molecular flexibility index (Phi) is 9.89. The second-order valence-corrected chi connectivity index (χ2v) is 9.44. The second kappa shape index (κ2) is 13.9. The molecule has 3 amide bonds. The van der Waals surface area contributed by atoms with Gasteiger partial charge in [-0.05, 0) is 68.3 Å². The maximum absolute atomic E-state index is 13.3. The van der Waals surface area contributed by atoms with Gasteiger partial charge in [-0.1, -0.05) is 30.3 Å². The average molecular weight is 586 g/mol. The quantitative estimate of drug-likeness (QED) is 0.209. The van der Waals surface area contributed by atoms with Crippen molar-refractivity contribution in [3.05, 3.63) is 106 Å². The molecular formula is C32H31N3O8. The number of nitrogens with one attached hydrogen (secondary N) is 2. The van der Waals surface area contributed by atoms with Gasteiger partial charge in [-0.15, -0.1) is 0 Å². The third kappa shape index (κ3) is 7.45. The first-order valence-corrected chi connectivity index (χ1v) is 13.5. The second-order valence-electron chi connectivity index (χ2n) is 9.44. The van der Waals surface area contributed by atoms with Crippen LogP contribution < -0.4 is 10.6 Å². The van der Waals surface area contributed by atoms with E-state index >= 15 is 0 Å². The van der Waals surface area contributed by atoms with Crippen molar-refractivity contribution >= 4 is 41.4 Å². The zero-order chi connectivity index (χ0) is 30.9. The summed E-state index contributed by atoms with van der Waals surface area (Å²) in [5, 5.41) is 4.92. The number of benzene rings is 2. The van der Waals surface area contributed by atoms with E-state index in [1.165, 1.54) is 42.4 Å². The fourth-order valence-electron chi connectivity index (χ4n) is 4.43. The van der Waals surface area contributed by atoms with Gasteiger partial charge in [-0.25, -0.2) is 9.59 Å². The minimum absolute atomic E-state index is 0.104. The average Bonchev–Trinajstić information content (AvgIpc) is 3.56. The molecule has 11 nitrogen and oxygen atoms in total. The Morgan fingerprint density at radius 3 is 2.33 bits per heavy atom. The van der Waals surface area contributed by atoms with E-state index in [1.54, 1.807) is 26.0 Å². The third-order valence-corrected chi connectivity index (χ3v) is 6.62. The highest BCUT2D eigenvalue weighted by Gasteiger charge is 2.37. The standard InChI is InChI=1S/C32H31N3O8/c1-4-42-31(39)22-10-12-23(13-11-22)34-29(37)28(36)33-19-25-15-14-24(43-25)18-26-27(32(40)41-3)20(2)35(30(26)38)17-16-21-8-6-5-7-9-21/h5-15,18H,4,16-17,19H2,1-3H3,(H,33,36)(H,34,37)/b26-18+. The maximum atomic E-state index is 13.3. The fourth-order valence-corrected chi connectivity index (χ4v) is 4.43. The number of hydrogen-bond acceptors (Lipinski definition) is 8. The van der Waals surface area contributed by atoms with Crippen molar-refractivity contribution in [1.82, 2.24) is 10.2 Å². The minimum Gasteiger partial charge on any atom is -0.465 e. The van der Waals surface area contributed by atoms with Gasteiger partial charge in [0, 0.05) is 17.9 Å². The highest BCUT2D eigenvalue weighted by molar-refractivity contribution is 6.39. The van der Waals surface area contributed by atoms with Gasteiger partial charge in [0.2, 0.25) is 0 Å². The molecule has 0 bridgehead atoms. The van der Waals surface area contributed by atoms with E-state index in [0.717, 1.165) is 5.56 Å². The molecule has 1 aromatic heterocycles. The smallest absolute Gasteiger partial charge is 0.340 e. The van der Waals surface area contributed by atoms with Crippen LogP contribution in [0.4, 0.5) is 5.69 Å². The van der Waals surface area contributed by atoms with Crippen molar-refractivity contribution in [3.63, 3.8) is 0 Å². The van der Waals surface area contributed by atoms with E-state index < -0.39 is 23.8 Å². The lowest BCUT2D eigenvalue weighted by Gasteiger charge is -2.17. The van der Waals surface area contributed by atoms with Crippen LogP contribution in [0.25, 0.3) is 6.08 Å². The number of allylic oxidation sites excluding steroid dienone is 1. The summed E-state index contributed by atoms with van der Waals surface area (Å²) in [6.07, 6.45) is 2.06. The summed E-state index contributed by atoms with van der Waals surface area (Å²) in [7, 11) is 1.25. The number of ether oxygens (including phenoxy) is 2. The zero-order valence-corrected chi connectivity index (χ0v) is 24.0. The molecule has 0 aliphatic carbocycles. The van der Waals surface area contributed by atoms with E-state index in [4.69, 9.17) is 13.9 Å². The van der Waals surface area contributed by atoms with Crippen molar-refractivity contribution in [2.45, 2.75) is 26.8 Å². The highest BCUT2D eigenvalue weighted by atomic mass is 16.5. The molecule has 4 rings (SSSR count). The molecule has 2 aromatic carbocycles. The van der Waals surface area contributed by atoms with Crippen molar-refractivity contribution in [3.8, 4) is 0 Å². The normalized spacial score (nSPS) is 13.7. The molecule has 2 N–H and O–H groups in total. The predicted octanol–water partition coefficient (Wildman–Crippen LogP) is 3.63. The van der Waals surface area contributed by atoms with Crippen molar-refractivity contribution in [2.75, 3.05) is 25.6 Å². The van der Waals surface area contributed by atoms with Crippen molar-refractivity contribution in [2.24, 2.45) is 0 Å². The predicted molar refractivity (Wildman–Crippen MR) is 156 cm³/mol. The van der Waals surface area contributed by atoms with Crippen LogP contribution in [0.2, 0.25) is 0 Å². The van der Waals surface area contributed by atoms with Crippen LogP contribution in [-0.4, -0.2) is 54.8 Å². The first-order chi connectivity index (χ1) is 20.7. The molecule has 0 spiro atoms. The van der Waals surface area contributed by atoms with E-state index in [2.05, 4.69) is 10.6 Å². The molecule has 0 unspecified atom stereocenters. The SMILES string of the molecule is CCOC(=O)c1ccc(NC(=O)C(=O)NCc2ccc(/C=C3/C(=O)N(CCc4ccccc4)C(C)=C3C(=O)OC)o2)cc1. The van der Waals surface area contributed by atoms with Crippen LogP contribution in [0.3, 0.4) is 0 Å². The van der Waals surface area contributed by atoms with Gasteiger partial charge >= 0.3 is 23.8 Å². The number of esters is 2. The summed E-state index contributed by atoms with van der Waals surface area (Å²) < 4.78 is 15.6. The molecule has 222 valence electrons. The molecule has 2 heterocycles. The molecule has 0 fully saturated rings. The number of amides is 3. The molecule has 43 heavy (non-hydrogen) atoms. The molecule has 0 saturated carbocycles. The lowest BCUT2D eigenvalue weighted by atomic mass is 10.1. The fraction of sp³-hybridized carbons (Fsp3) is 0.219. The number of rotatable bonds is 10. The lowest BCUT2D eigenvalue weighted by Crippen LogP contribution is -2.34. The van der Waals surface area contributed by atoms with E-state index in [-0.39, 0.29) is 36.0 Å². The maximum Gasteiger partial charge on any atom is 0.340 e. The summed E-state index contributed by atoms with van der Waals surface area (Å²) in [6, 6.07) is 18.8. The summed E-state index contributed by atoms with van der Waals surface area (Å²) in [5.41, 5.74) is 2.47. The summed E-state index contributed by atoms with van der Waals surface area (Å²) in [4.78, 5) is 63.9. The number of carbonyl (C=O) groups is 5. The van der Waals surface area contributed by atoms with Gasteiger partial charge in [0.15, 0.2) is 0 Å². The Bertz CT molecular complexity index is 1590. The van der Waals surface area contributed by atoms with Crippen LogP contribution in [0.15, 0.2) is 88.0 Å². The topological polar surface area (TPSA) is 144 Å². The van der Waals surface area contributed by atoms with Crippen molar-refractivity contribution in [1.29, 1.82) is 0 Å². The van der Waals surface area contributed by atoms with E-state index in [9.17, 15) is 24.0 Å². The number of carbonyl (C=O) groups excluding carboxylic acids is 5. The first-order valence-electron chi connectivity index (χ1n) is 13.5. The minimum atomic E-state index is -0.909. The molecular weight excluding hydrogens is 554 g/mol. The van der Waals surface area contributed by atoms with Crippen molar-refractivity contribution < 1.29 is 37.9 Å². The van der Waals surface area contributed by atoms with Gasteiger partial charge in [0.1, 0.15) is 11.5 Å². The molecule has 0 radical (unpaired) electrons. The Balaban J connectivity index is 1.38. The lowest BCUT2D eigenvalue weighted by molar-refractivity contribution is -0.136. The van der Waals surface area contributed by atoms with Gasteiger partial charge in [0.25, 0.3) is 5.91 Å². The largest absolute Gasteiger partial charge is 0.465 e. The van der Waals surface area contributed by atoms with Crippen LogP contribution in [0.5, 0.6) is 0 Å². The Morgan fingerprint density at radius 1 is 0.930 bits per heavy atom. The summed E-state index contributed by atoms with van der Waals surface area (Å²) >= 11 is 0. The number of furan rings is 1. The Hall–Kier alpha value is -5.45. The first kappa shape index (κ1) is 30.5. The third-order valence-electron chi connectivity index (χ3n) is 6.62. The number of nitrogens with zero attached hydrogens (tertiary/aromatic N) is 1. The highest BCUT2D eigenvalue weighted by Crippen LogP contribution is 2.32. The Labute approximate surface area is 248 Å². The molecule has 1 aliphatic rings. The van der Waals surface area contributed by atoms with Crippen LogP contribution in [0.1, 0.15) is 41.3 Å². The number of hydrogen-bond donors (Lipinski definition) is 2. The monoisotopic (exact) mass is 585 g/mol. The van der Waals surface area contributed by atoms with E-state index in [0.29, 0.717) is 35.7 Å².